The van der Waals surface area contributed by atoms with Gasteiger partial charge >= 0.3 is 6.09 Å². The van der Waals surface area contributed by atoms with Crippen molar-refractivity contribution < 1.29 is 9.90 Å². The molecule has 70 valence electrons. The van der Waals surface area contributed by atoms with Crippen LogP contribution < -0.4 is 5.32 Å². The molecule has 0 bridgehead atoms. The molecular weight excluding hydrogens is 170 g/mol. The van der Waals surface area contributed by atoms with Gasteiger partial charge in [-0.05, 0) is 6.42 Å². The molecular formula is C8H11N3O2. The molecule has 2 rings (SSSR count). The first kappa shape index (κ1) is 8.10. The van der Waals surface area contributed by atoms with E-state index in [0.717, 1.165) is 18.8 Å². The molecule has 5 nitrogen and oxygen atoms in total. The normalized spacial score (nSPS) is 20.8. The van der Waals surface area contributed by atoms with Crippen LogP contribution in [0.2, 0.25) is 0 Å². The number of aryl methyl sites for hydroxylation is 1. The Kier molecular flexibility index (Phi) is 1.92. The maximum atomic E-state index is 10.4. The second kappa shape index (κ2) is 3.08. The molecule has 0 radical (unpaired) electrons. The van der Waals surface area contributed by atoms with E-state index in [1.54, 1.807) is 6.20 Å². The van der Waals surface area contributed by atoms with Crippen molar-refractivity contribution in [1.29, 1.82) is 0 Å². The molecule has 1 aliphatic heterocycles. The fourth-order valence-electron chi connectivity index (χ4n) is 1.65. The molecule has 1 aromatic rings. The minimum Gasteiger partial charge on any atom is -0.465 e. The third kappa shape index (κ3) is 1.63. The first-order chi connectivity index (χ1) is 6.25. The molecule has 1 atom stereocenters. The van der Waals surface area contributed by atoms with Crippen molar-refractivity contribution in [2.24, 2.45) is 0 Å². The highest BCUT2D eigenvalue weighted by molar-refractivity contribution is 5.64. The lowest BCUT2D eigenvalue weighted by Gasteiger charge is -2.22. The topological polar surface area (TPSA) is 67.2 Å². The molecule has 0 saturated heterocycles. The van der Waals surface area contributed by atoms with E-state index in [1.807, 2.05) is 6.20 Å². The lowest BCUT2D eigenvalue weighted by Crippen LogP contribution is -2.39. The summed E-state index contributed by atoms with van der Waals surface area (Å²) in [7, 11) is 0. The van der Waals surface area contributed by atoms with Gasteiger partial charge in [-0.15, -0.1) is 0 Å². The Bertz CT molecular complexity index is 321. The Balaban J connectivity index is 2.04. The van der Waals surface area contributed by atoms with Gasteiger partial charge in [0.2, 0.25) is 0 Å². The van der Waals surface area contributed by atoms with E-state index in [-0.39, 0.29) is 6.04 Å². The average molecular weight is 181 g/mol. The number of imidazole rings is 1. The van der Waals surface area contributed by atoms with Gasteiger partial charge in [0.05, 0.1) is 0 Å². The highest BCUT2D eigenvalue weighted by Crippen LogP contribution is 2.12. The van der Waals surface area contributed by atoms with Gasteiger partial charge in [-0.2, -0.15) is 0 Å². The number of hydrogen-bond acceptors (Lipinski definition) is 2. The second-order valence-corrected chi connectivity index (χ2v) is 3.18. The third-order valence-electron chi connectivity index (χ3n) is 2.28. The molecule has 1 aromatic heterocycles. The Morgan fingerprint density at radius 2 is 2.62 bits per heavy atom. The lowest BCUT2D eigenvalue weighted by molar-refractivity contribution is 0.187. The van der Waals surface area contributed by atoms with Crippen molar-refractivity contribution >= 4 is 6.09 Å². The average Bonchev–Trinajstić information content (AvgIpc) is 2.49. The second-order valence-electron chi connectivity index (χ2n) is 3.18. The number of carboxylic acid groups (broad SMARTS) is 1. The number of amides is 1. The number of carbonyl (C=O) groups is 1. The van der Waals surface area contributed by atoms with Crippen molar-refractivity contribution in [3.63, 3.8) is 0 Å². The Hall–Kier alpha value is -1.52. The number of fused-ring (bicyclic) bond motifs is 1. The lowest BCUT2D eigenvalue weighted by atomic mass is 10.1. The maximum Gasteiger partial charge on any atom is 0.404 e. The van der Waals surface area contributed by atoms with Crippen molar-refractivity contribution in [3.05, 3.63) is 18.2 Å². The van der Waals surface area contributed by atoms with E-state index in [0.29, 0.717) is 6.42 Å². The van der Waals surface area contributed by atoms with Gasteiger partial charge in [0.15, 0.2) is 0 Å². The van der Waals surface area contributed by atoms with Crippen molar-refractivity contribution in [1.82, 2.24) is 14.9 Å². The first-order valence-corrected chi connectivity index (χ1v) is 4.25. The van der Waals surface area contributed by atoms with E-state index in [1.165, 1.54) is 0 Å². The number of rotatable bonds is 1. The van der Waals surface area contributed by atoms with E-state index in [2.05, 4.69) is 14.9 Å². The monoisotopic (exact) mass is 181 g/mol. The molecule has 0 spiro atoms. The SMILES string of the molecule is O=C(O)NC1CCn2ccnc2C1. The summed E-state index contributed by atoms with van der Waals surface area (Å²) in [6, 6.07) is 0.0207. The van der Waals surface area contributed by atoms with Crippen LogP contribution in [0.25, 0.3) is 0 Å². The molecule has 5 heteroatoms. The highest BCUT2D eigenvalue weighted by Gasteiger charge is 2.19. The van der Waals surface area contributed by atoms with Crippen LogP contribution in [0.4, 0.5) is 4.79 Å². The van der Waals surface area contributed by atoms with Crippen LogP contribution in [-0.2, 0) is 13.0 Å². The van der Waals surface area contributed by atoms with Gasteiger partial charge < -0.3 is 15.0 Å². The highest BCUT2D eigenvalue weighted by atomic mass is 16.4. The van der Waals surface area contributed by atoms with Crippen molar-refractivity contribution in [2.45, 2.75) is 25.4 Å². The summed E-state index contributed by atoms with van der Waals surface area (Å²) in [5.74, 6) is 0.963. The van der Waals surface area contributed by atoms with E-state index >= 15 is 0 Å². The fourth-order valence-corrected chi connectivity index (χ4v) is 1.65. The first-order valence-electron chi connectivity index (χ1n) is 4.25. The van der Waals surface area contributed by atoms with Gasteiger partial charge in [-0.25, -0.2) is 9.78 Å². The van der Waals surface area contributed by atoms with E-state index < -0.39 is 6.09 Å². The molecule has 2 N–H and O–H groups in total. The van der Waals surface area contributed by atoms with Gasteiger partial charge in [-0.3, -0.25) is 0 Å². The summed E-state index contributed by atoms with van der Waals surface area (Å²) in [6.45, 7) is 0.848. The molecule has 0 aromatic carbocycles. The summed E-state index contributed by atoms with van der Waals surface area (Å²) in [4.78, 5) is 14.5. The quantitative estimate of drug-likeness (QED) is 0.661. The van der Waals surface area contributed by atoms with Crippen molar-refractivity contribution in [2.75, 3.05) is 0 Å². The molecule has 1 amide bonds. The summed E-state index contributed by atoms with van der Waals surface area (Å²) in [5, 5.41) is 11.0. The van der Waals surface area contributed by atoms with Crippen LogP contribution in [0.5, 0.6) is 0 Å². The Morgan fingerprint density at radius 3 is 3.38 bits per heavy atom. The fraction of sp³-hybridized carbons (Fsp3) is 0.500. The third-order valence-corrected chi connectivity index (χ3v) is 2.28. The Morgan fingerprint density at radius 1 is 1.77 bits per heavy atom. The molecule has 0 saturated carbocycles. The van der Waals surface area contributed by atoms with Crippen LogP contribution >= 0.6 is 0 Å². The summed E-state index contributed by atoms with van der Waals surface area (Å²) in [6.07, 6.45) is 4.25. The largest absolute Gasteiger partial charge is 0.465 e. The van der Waals surface area contributed by atoms with Crippen LogP contribution in [0.1, 0.15) is 12.2 Å². The maximum absolute atomic E-state index is 10.4. The summed E-state index contributed by atoms with van der Waals surface area (Å²) >= 11 is 0. The van der Waals surface area contributed by atoms with Crippen LogP contribution in [-0.4, -0.2) is 26.8 Å². The van der Waals surface area contributed by atoms with Crippen LogP contribution in [0.15, 0.2) is 12.4 Å². The van der Waals surface area contributed by atoms with Gasteiger partial charge in [-0.1, -0.05) is 0 Å². The number of nitrogens with zero attached hydrogens (tertiary/aromatic N) is 2. The van der Waals surface area contributed by atoms with Crippen LogP contribution in [0, 0.1) is 0 Å². The number of aromatic nitrogens is 2. The Labute approximate surface area is 75.4 Å². The van der Waals surface area contributed by atoms with Crippen LogP contribution in [0.3, 0.4) is 0 Å². The standard InChI is InChI=1S/C8H11N3O2/c12-8(13)10-6-1-3-11-4-2-9-7(11)5-6/h2,4,6,10H,1,3,5H2,(H,12,13). The molecule has 1 unspecified atom stereocenters. The minimum absolute atomic E-state index is 0.0207. The number of nitrogens with one attached hydrogen (secondary N) is 1. The molecule has 0 fully saturated rings. The predicted octanol–water partition coefficient (Wildman–Crippen LogP) is 0.465. The van der Waals surface area contributed by atoms with E-state index in [4.69, 9.17) is 5.11 Å². The molecule has 13 heavy (non-hydrogen) atoms. The zero-order valence-corrected chi connectivity index (χ0v) is 7.10. The smallest absolute Gasteiger partial charge is 0.404 e. The van der Waals surface area contributed by atoms with Crippen molar-refractivity contribution in [3.8, 4) is 0 Å². The van der Waals surface area contributed by atoms with Gasteiger partial charge in [0.25, 0.3) is 0 Å². The zero-order chi connectivity index (χ0) is 9.26. The molecule has 0 aliphatic carbocycles. The summed E-state index contributed by atoms with van der Waals surface area (Å²) < 4.78 is 2.06. The predicted molar refractivity (Wildman–Crippen MR) is 45.5 cm³/mol. The van der Waals surface area contributed by atoms with E-state index in [9.17, 15) is 4.79 Å². The zero-order valence-electron chi connectivity index (χ0n) is 7.10. The summed E-state index contributed by atoms with van der Waals surface area (Å²) in [5.41, 5.74) is 0. The number of hydrogen-bond donors (Lipinski definition) is 2. The van der Waals surface area contributed by atoms with Gasteiger partial charge in [0.1, 0.15) is 5.82 Å². The molecule has 1 aliphatic rings. The van der Waals surface area contributed by atoms with Gasteiger partial charge in [0, 0.05) is 31.4 Å². The minimum atomic E-state index is -0.954. The molecule has 2 heterocycles.